The van der Waals surface area contributed by atoms with E-state index in [2.05, 4.69) is 31.1 Å². The third kappa shape index (κ3) is 4.63. The molecule has 3 N–H and O–H groups in total. The normalized spacial score (nSPS) is 11.3. The number of hydrogen-bond acceptors (Lipinski definition) is 4. The Labute approximate surface area is 166 Å². The van der Waals surface area contributed by atoms with Crippen LogP contribution < -0.4 is 15.8 Å². The Hall–Kier alpha value is -3.01. The summed E-state index contributed by atoms with van der Waals surface area (Å²) in [7, 11) is 1.79. The second-order valence-corrected chi connectivity index (χ2v) is 6.68. The highest BCUT2D eigenvalue weighted by atomic mass is 79.9. The standard InChI is InChI=1S/C18H14BrF3N4O2/c1-26-9-14(19)16(25-26)10-3-2-4-11(7-10)24-12-5-6-13(17(23)27)15(8-12)28-18(20,21)22/h2-9,24H,1H3,(H2,23,27). The highest BCUT2D eigenvalue weighted by Crippen LogP contribution is 2.32. The number of carbonyl (C=O) groups excluding carboxylic acids is 1. The molecule has 3 aromatic rings. The van der Waals surface area contributed by atoms with Gasteiger partial charge in [0.15, 0.2) is 0 Å². The van der Waals surface area contributed by atoms with E-state index in [1.165, 1.54) is 12.1 Å². The Kier molecular flexibility index (Phi) is 5.32. The van der Waals surface area contributed by atoms with E-state index in [4.69, 9.17) is 5.73 Å². The predicted molar refractivity (Wildman–Crippen MR) is 101 cm³/mol. The number of carbonyl (C=O) groups is 1. The molecule has 0 atom stereocenters. The van der Waals surface area contributed by atoms with Gasteiger partial charge in [0.1, 0.15) is 11.4 Å². The van der Waals surface area contributed by atoms with Crippen LogP contribution in [0.2, 0.25) is 0 Å². The maximum Gasteiger partial charge on any atom is 0.573 e. The molecule has 1 amide bonds. The molecular formula is C18H14BrF3N4O2. The molecule has 28 heavy (non-hydrogen) atoms. The number of amides is 1. The van der Waals surface area contributed by atoms with E-state index in [1.807, 2.05) is 6.07 Å². The molecule has 0 unspecified atom stereocenters. The van der Waals surface area contributed by atoms with Crippen molar-refractivity contribution in [3.63, 3.8) is 0 Å². The first kappa shape index (κ1) is 19.7. The van der Waals surface area contributed by atoms with Gasteiger partial charge in [-0.1, -0.05) is 12.1 Å². The van der Waals surface area contributed by atoms with Crippen molar-refractivity contribution in [2.75, 3.05) is 5.32 Å². The first-order valence-electron chi connectivity index (χ1n) is 7.88. The molecule has 1 aromatic heterocycles. The number of primary amides is 1. The molecule has 6 nitrogen and oxygen atoms in total. The predicted octanol–water partition coefficient (Wildman–Crippen LogP) is 4.59. The van der Waals surface area contributed by atoms with Gasteiger partial charge in [-0.05, 0) is 40.2 Å². The molecule has 1 heterocycles. The molecule has 0 fully saturated rings. The van der Waals surface area contributed by atoms with Gasteiger partial charge in [-0.15, -0.1) is 13.2 Å². The fraction of sp³-hybridized carbons (Fsp3) is 0.111. The lowest BCUT2D eigenvalue weighted by Crippen LogP contribution is -2.21. The highest BCUT2D eigenvalue weighted by Gasteiger charge is 2.33. The van der Waals surface area contributed by atoms with Crippen molar-refractivity contribution >= 4 is 33.2 Å². The van der Waals surface area contributed by atoms with Crippen LogP contribution >= 0.6 is 15.9 Å². The summed E-state index contributed by atoms with van der Waals surface area (Å²) >= 11 is 3.43. The number of rotatable bonds is 5. The van der Waals surface area contributed by atoms with Crippen molar-refractivity contribution in [1.82, 2.24) is 9.78 Å². The molecule has 0 aliphatic carbocycles. The van der Waals surface area contributed by atoms with Gasteiger partial charge >= 0.3 is 6.36 Å². The van der Waals surface area contributed by atoms with Crippen LogP contribution in [0, 0.1) is 0 Å². The lowest BCUT2D eigenvalue weighted by molar-refractivity contribution is -0.274. The number of aryl methyl sites for hydroxylation is 1. The SMILES string of the molecule is Cn1cc(Br)c(-c2cccc(Nc3ccc(C(N)=O)c(OC(F)(F)F)c3)c2)n1. The Morgan fingerprint density at radius 2 is 1.93 bits per heavy atom. The van der Waals surface area contributed by atoms with Gasteiger partial charge in [0.05, 0.1) is 10.0 Å². The van der Waals surface area contributed by atoms with Crippen molar-refractivity contribution in [2.45, 2.75) is 6.36 Å². The van der Waals surface area contributed by atoms with E-state index in [-0.39, 0.29) is 5.56 Å². The zero-order valence-corrected chi connectivity index (χ0v) is 16.0. The minimum absolute atomic E-state index is 0.293. The molecule has 10 heteroatoms. The van der Waals surface area contributed by atoms with Crippen LogP contribution in [0.25, 0.3) is 11.3 Å². The smallest absolute Gasteiger partial charge is 0.405 e. The molecule has 2 aromatic carbocycles. The number of halogens is 4. The van der Waals surface area contributed by atoms with Gasteiger partial charge < -0.3 is 15.8 Å². The van der Waals surface area contributed by atoms with Crippen LogP contribution in [-0.4, -0.2) is 22.1 Å². The summed E-state index contributed by atoms with van der Waals surface area (Å²) in [4.78, 5) is 11.4. The first-order valence-corrected chi connectivity index (χ1v) is 8.68. The minimum Gasteiger partial charge on any atom is -0.405 e. The van der Waals surface area contributed by atoms with E-state index in [0.29, 0.717) is 11.4 Å². The Morgan fingerprint density at radius 1 is 1.21 bits per heavy atom. The zero-order chi connectivity index (χ0) is 20.5. The van der Waals surface area contributed by atoms with E-state index in [9.17, 15) is 18.0 Å². The number of ether oxygens (including phenoxy) is 1. The minimum atomic E-state index is -4.95. The summed E-state index contributed by atoms with van der Waals surface area (Å²) in [6.07, 6.45) is -3.15. The molecule has 0 bridgehead atoms. The molecular weight excluding hydrogens is 441 g/mol. The number of anilines is 2. The topological polar surface area (TPSA) is 82.2 Å². The fourth-order valence-electron chi connectivity index (χ4n) is 2.58. The first-order chi connectivity index (χ1) is 13.1. The van der Waals surface area contributed by atoms with Gasteiger partial charge in [0, 0.05) is 36.2 Å². The number of nitrogens with zero attached hydrogens (tertiary/aromatic N) is 2. The van der Waals surface area contributed by atoms with Crippen LogP contribution in [0.4, 0.5) is 24.5 Å². The molecule has 0 radical (unpaired) electrons. The maximum absolute atomic E-state index is 12.6. The number of aromatic nitrogens is 2. The summed E-state index contributed by atoms with van der Waals surface area (Å²) in [5, 5.41) is 7.34. The summed E-state index contributed by atoms with van der Waals surface area (Å²) in [6, 6.07) is 10.8. The zero-order valence-electron chi connectivity index (χ0n) is 14.4. The van der Waals surface area contributed by atoms with Crippen LogP contribution in [0.1, 0.15) is 10.4 Å². The van der Waals surface area contributed by atoms with Crippen LogP contribution in [0.3, 0.4) is 0 Å². The lowest BCUT2D eigenvalue weighted by Gasteiger charge is -2.14. The van der Waals surface area contributed by atoms with E-state index in [1.54, 1.807) is 36.1 Å². The van der Waals surface area contributed by atoms with Gasteiger partial charge in [0.2, 0.25) is 0 Å². The Bertz CT molecular complexity index is 1030. The Balaban J connectivity index is 1.91. The highest BCUT2D eigenvalue weighted by molar-refractivity contribution is 9.10. The largest absolute Gasteiger partial charge is 0.573 e. The third-order valence-corrected chi connectivity index (χ3v) is 4.26. The van der Waals surface area contributed by atoms with Gasteiger partial charge in [-0.25, -0.2) is 0 Å². The lowest BCUT2D eigenvalue weighted by atomic mass is 10.1. The van der Waals surface area contributed by atoms with Gasteiger partial charge in [-0.2, -0.15) is 5.10 Å². The maximum atomic E-state index is 12.6. The number of hydrogen-bond donors (Lipinski definition) is 2. The number of nitrogens with one attached hydrogen (secondary N) is 1. The second kappa shape index (κ2) is 7.55. The van der Waals surface area contributed by atoms with Crippen LogP contribution in [-0.2, 0) is 7.05 Å². The molecule has 0 aliphatic rings. The Morgan fingerprint density at radius 3 is 2.54 bits per heavy atom. The molecule has 0 saturated heterocycles. The van der Waals surface area contributed by atoms with Crippen molar-refractivity contribution in [1.29, 1.82) is 0 Å². The molecule has 0 saturated carbocycles. The van der Waals surface area contributed by atoms with Crippen molar-refractivity contribution < 1.29 is 22.7 Å². The summed E-state index contributed by atoms with van der Waals surface area (Å²) in [5.41, 5.74) is 7.18. The van der Waals surface area contributed by atoms with Crippen LogP contribution in [0.5, 0.6) is 5.75 Å². The van der Waals surface area contributed by atoms with Gasteiger partial charge in [-0.3, -0.25) is 9.48 Å². The summed E-state index contributed by atoms with van der Waals surface area (Å²) in [5.74, 6) is -1.69. The van der Waals surface area contributed by atoms with Crippen molar-refractivity contribution in [2.24, 2.45) is 12.8 Å². The average Bonchev–Trinajstić information content (AvgIpc) is 2.92. The number of alkyl halides is 3. The quantitative estimate of drug-likeness (QED) is 0.590. The molecule has 0 aliphatic heterocycles. The van der Waals surface area contributed by atoms with Crippen LogP contribution in [0.15, 0.2) is 53.1 Å². The fourth-order valence-corrected chi connectivity index (χ4v) is 3.18. The third-order valence-electron chi connectivity index (χ3n) is 3.68. The van der Waals surface area contributed by atoms with Gasteiger partial charge in [0.25, 0.3) is 5.91 Å². The summed E-state index contributed by atoms with van der Waals surface area (Å²) in [6.45, 7) is 0. The van der Waals surface area contributed by atoms with Crippen molar-refractivity contribution in [3.05, 3.63) is 58.7 Å². The summed E-state index contributed by atoms with van der Waals surface area (Å²) < 4.78 is 44.2. The number of nitrogens with two attached hydrogens (primary N) is 1. The van der Waals surface area contributed by atoms with E-state index in [0.717, 1.165) is 21.8 Å². The monoisotopic (exact) mass is 454 g/mol. The van der Waals surface area contributed by atoms with E-state index < -0.39 is 18.0 Å². The molecule has 0 spiro atoms. The molecule has 146 valence electrons. The van der Waals surface area contributed by atoms with Crippen molar-refractivity contribution in [3.8, 4) is 17.0 Å². The second-order valence-electron chi connectivity index (χ2n) is 5.83. The molecule has 3 rings (SSSR count). The number of benzene rings is 2. The average molecular weight is 455 g/mol. The van der Waals surface area contributed by atoms with E-state index >= 15 is 0 Å².